The Morgan fingerprint density at radius 2 is 1.80 bits per heavy atom. The number of rotatable bonds is 8. The fourth-order valence-corrected chi connectivity index (χ4v) is 6.42. The van der Waals surface area contributed by atoms with Crippen molar-refractivity contribution >= 4 is 49.5 Å². The Balaban J connectivity index is 1.23. The highest BCUT2D eigenvalue weighted by Crippen LogP contribution is 2.34. The van der Waals surface area contributed by atoms with Crippen molar-refractivity contribution in [2.45, 2.75) is 18.7 Å². The Bertz CT molecular complexity index is 1620. The molecular formula is C27H28N4O7S2. The number of para-hydroxylation sites is 1. The van der Waals surface area contributed by atoms with Gasteiger partial charge in [-0.1, -0.05) is 12.1 Å². The first kappa shape index (κ1) is 27.6. The number of carbonyl (C=O) groups excluding carboxylic acids is 2. The number of piperazine rings is 1. The van der Waals surface area contributed by atoms with E-state index in [1.807, 2.05) is 31.2 Å². The normalized spacial score (nSPS) is 14.3. The van der Waals surface area contributed by atoms with Crippen LogP contribution in [0.2, 0.25) is 0 Å². The van der Waals surface area contributed by atoms with Crippen LogP contribution in [0.25, 0.3) is 22.4 Å². The third kappa shape index (κ3) is 5.67. The fourth-order valence-electron chi connectivity index (χ4n) is 4.30. The minimum atomic E-state index is -3.78. The molecule has 0 atom stereocenters. The topological polar surface area (TPSA) is 131 Å². The number of anilines is 1. The molecule has 0 radical (unpaired) electrons. The fraction of sp³-hybridized carbons (Fsp3) is 0.296. The lowest BCUT2D eigenvalue weighted by Gasteiger charge is -2.33. The number of thiazole rings is 1. The Kier molecular flexibility index (Phi) is 8.05. The molecule has 1 aliphatic heterocycles. The van der Waals surface area contributed by atoms with E-state index in [9.17, 15) is 18.0 Å². The molecule has 1 aliphatic rings. The highest BCUT2D eigenvalue weighted by Gasteiger charge is 2.30. The van der Waals surface area contributed by atoms with Crippen molar-refractivity contribution < 1.29 is 31.9 Å². The highest BCUT2D eigenvalue weighted by molar-refractivity contribution is 7.89. The van der Waals surface area contributed by atoms with Gasteiger partial charge in [0, 0.05) is 42.5 Å². The predicted octanol–water partition coefficient (Wildman–Crippen LogP) is 4.67. The van der Waals surface area contributed by atoms with E-state index in [2.05, 4.69) is 10.3 Å². The third-order valence-electron chi connectivity index (χ3n) is 6.30. The first-order valence-corrected chi connectivity index (χ1v) is 15.1. The average molecular weight is 585 g/mol. The number of furan rings is 1. The molecule has 0 saturated carbocycles. The standard InChI is InChI=1S/C27H28N4O7S2/c1-3-36-22-7-5-6-19-16-23(38-24(19)22)21-17-39-26(28-21)29-25(32)18-8-10-20(11-9-18)40(34,35)31-14-12-30(13-15-31)27(33)37-4-2/h5-11,16-17H,3-4,12-15H2,1-2H3,(H,28,29,32). The van der Waals surface area contributed by atoms with Crippen molar-refractivity contribution in [2.24, 2.45) is 0 Å². The van der Waals surface area contributed by atoms with Crippen LogP contribution in [0.1, 0.15) is 24.2 Å². The molecule has 0 bridgehead atoms. The van der Waals surface area contributed by atoms with E-state index in [0.29, 0.717) is 34.5 Å². The van der Waals surface area contributed by atoms with Crippen LogP contribution in [0.4, 0.5) is 9.93 Å². The molecule has 210 valence electrons. The van der Waals surface area contributed by atoms with Crippen molar-refractivity contribution in [1.82, 2.24) is 14.2 Å². The van der Waals surface area contributed by atoms with Gasteiger partial charge in [-0.3, -0.25) is 10.1 Å². The van der Waals surface area contributed by atoms with E-state index in [0.717, 1.165) is 5.39 Å². The summed E-state index contributed by atoms with van der Waals surface area (Å²) < 4.78 is 44.1. The first-order valence-electron chi connectivity index (χ1n) is 12.7. The summed E-state index contributed by atoms with van der Waals surface area (Å²) >= 11 is 1.25. The number of ether oxygens (including phenoxy) is 2. The zero-order valence-corrected chi connectivity index (χ0v) is 23.6. The Labute approximate surface area is 235 Å². The second-order valence-electron chi connectivity index (χ2n) is 8.82. The zero-order chi connectivity index (χ0) is 28.3. The van der Waals surface area contributed by atoms with Crippen LogP contribution in [0.15, 0.2) is 63.2 Å². The lowest BCUT2D eigenvalue weighted by Crippen LogP contribution is -2.50. The molecule has 2 aromatic carbocycles. The van der Waals surface area contributed by atoms with Crippen LogP contribution in [0.5, 0.6) is 5.75 Å². The molecule has 1 saturated heterocycles. The minimum Gasteiger partial charge on any atom is -0.490 e. The smallest absolute Gasteiger partial charge is 0.409 e. The molecule has 1 N–H and O–H groups in total. The molecule has 0 unspecified atom stereocenters. The van der Waals surface area contributed by atoms with Gasteiger partial charge in [0.15, 0.2) is 22.2 Å². The van der Waals surface area contributed by atoms with Crippen molar-refractivity contribution in [3.05, 3.63) is 59.5 Å². The van der Waals surface area contributed by atoms with E-state index in [1.54, 1.807) is 12.3 Å². The molecule has 2 aromatic heterocycles. The van der Waals surface area contributed by atoms with Gasteiger partial charge in [0.05, 0.1) is 18.1 Å². The number of carbonyl (C=O) groups is 2. The summed E-state index contributed by atoms with van der Waals surface area (Å²) in [7, 11) is -3.78. The van der Waals surface area contributed by atoms with Gasteiger partial charge in [-0.15, -0.1) is 11.3 Å². The summed E-state index contributed by atoms with van der Waals surface area (Å²) in [5.74, 6) is 0.784. The second kappa shape index (κ2) is 11.7. The van der Waals surface area contributed by atoms with Crippen molar-refractivity contribution in [1.29, 1.82) is 0 Å². The number of hydrogen-bond acceptors (Lipinski definition) is 9. The summed E-state index contributed by atoms with van der Waals surface area (Å²) in [6.45, 7) is 5.22. The summed E-state index contributed by atoms with van der Waals surface area (Å²) in [5, 5.41) is 5.80. The van der Waals surface area contributed by atoms with Crippen LogP contribution in [0, 0.1) is 0 Å². The molecule has 40 heavy (non-hydrogen) atoms. The Morgan fingerprint density at radius 3 is 2.50 bits per heavy atom. The van der Waals surface area contributed by atoms with Gasteiger partial charge in [-0.2, -0.15) is 4.31 Å². The quantitative estimate of drug-likeness (QED) is 0.316. The van der Waals surface area contributed by atoms with Crippen LogP contribution >= 0.6 is 11.3 Å². The van der Waals surface area contributed by atoms with E-state index in [1.165, 1.54) is 44.8 Å². The van der Waals surface area contributed by atoms with E-state index in [-0.39, 0.29) is 43.2 Å². The van der Waals surface area contributed by atoms with Gasteiger partial charge in [0.1, 0.15) is 5.69 Å². The highest BCUT2D eigenvalue weighted by atomic mass is 32.2. The molecule has 5 rings (SSSR count). The number of fused-ring (bicyclic) bond motifs is 1. The van der Waals surface area contributed by atoms with Gasteiger partial charge in [-0.25, -0.2) is 18.2 Å². The third-order valence-corrected chi connectivity index (χ3v) is 8.97. The Morgan fingerprint density at radius 1 is 1.05 bits per heavy atom. The molecule has 13 heteroatoms. The number of amides is 2. The molecule has 0 spiro atoms. The predicted molar refractivity (Wildman–Crippen MR) is 150 cm³/mol. The molecule has 4 aromatic rings. The van der Waals surface area contributed by atoms with Gasteiger partial charge < -0.3 is 18.8 Å². The number of benzene rings is 2. The lowest BCUT2D eigenvalue weighted by atomic mass is 10.2. The van der Waals surface area contributed by atoms with Gasteiger partial charge in [0.25, 0.3) is 5.91 Å². The van der Waals surface area contributed by atoms with Crippen LogP contribution in [0.3, 0.4) is 0 Å². The number of nitrogens with one attached hydrogen (secondary N) is 1. The summed E-state index contributed by atoms with van der Waals surface area (Å²) in [5.41, 5.74) is 1.49. The molecule has 1 fully saturated rings. The maximum atomic E-state index is 13.1. The van der Waals surface area contributed by atoms with Crippen LogP contribution < -0.4 is 10.1 Å². The summed E-state index contributed by atoms with van der Waals surface area (Å²) in [4.78, 5) is 30.8. The van der Waals surface area contributed by atoms with Gasteiger partial charge >= 0.3 is 6.09 Å². The molecule has 2 amide bonds. The lowest BCUT2D eigenvalue weighted by molar-refractivity contribution is 0.0933. The van der Waals surface area contributed by atoms with Crippen LogP contribution in [-0.2, 0) is 14.8 Å². The second-order valence-corrected chi connectivity index (χ2v) is 11.6. The van der Waals surface area contributed by atoms with Crippen molar-refractivity contribution in [2.75, 3.05) is 44.7 Å². The Hall–Kier alpha value is -3.94. The number of aromatic nitrogens is 1. The van der Waals surface area contributed by atoms with E-state index >= 15 is 0 Å². The van der Waals surface area contributed by atoms with Gasteiger partial charge in [0.2, 0.25) is 10.0 Å². The van der Waals surface area contributed by atoms with Crippen molar-refractivity contribution in [3.8, 4) is 17.2 Å². The number of hydrogen-bond donors (Lipinski definition) is 1. The first-order chi connectivity index (χ1) is 19.3. The number of nitrogens with zero attached hydrogens (tertiary/aromatic N) is 3. The summed E-state index contributed by atoms with van der Waals surface area (Å²) in [6, 6.07) is 13.2. The molecule has 3 heterocycles. The largest absolute Gasteiger partial charge is 0.490 e. The number of sulfonamides is 1. The van der Waals surface area contributed by atoms with E-state index < -0.39 is 22.0 Å². The minimum absolute atomic E-state index is 0.0708. The SMILES string of the molecule is CCOC(=O)N1CCN(S(=O)(=O)c2ccc(C(=O)Nc3nc(-c4cc5cccc(OCC)c5o4)cs3)cc2)CC1. The zero-order valence-electron chi connectivity index (χ0n) is 22.0. The maximum Gasteiger partial charge on any atom is 0.409 e. The van der Waals surface area contributed by atoms with Gasteiger partial charge in [-0.05, 0) is 50.2 Å². The molecule has 11 nitrogen and oxygen atoms in total. The van der Waals surface area contributed by atoms with Crippen LogP contribution in [-0.4, -0.2) is 74.0 Å². The van der Waals surface area contributed by atoms with Crippen molar-refractivity contribution in [3.63, 3.8) is 0 Å². The molecular weight excluding hydrogens is 556 g/mol. The average Bonchev–Trinajstić information content (AvgIpc) is 3.61. The maximum absolute atomic E-state index is 13.1. The summed E-state index contributed by atoms with van der Waals surface area (Å²) in [6.07, 6.45) is -0.449. The van der Waals surface area contributed by atoms with E-state index in [4.69, 9.17) is 13.9 Å². The molecule has 0 aliphatic carbocycles. The monoisotopic (exact) mass is 584 g/mol.